The van der Waals surface area contributed by atoms with Gasteiger partial charge in [-0.2, -0.15) is 10.5 Å². The van der Waals surface area contributed by atoms with Gasteiger partial charge in [0, 0.05) is 5.92 Å². The van der Waals surface area contributed by atoms with Crippen LogP contribution in [-0.4, -0.2) is 4.99 Å². The second-order valence-electron chi connectivity index (χ2n) is 6.99. The number of nitriles is 2. The summed E-state index contributed by atoms with van der Waals surface area (Å²) in [5.74, 6) is -0.631. The summed E-state index contributed by atoms with van der Waals surface area (Å²) >= 11 is 6.73. The van der Waals surface area contributed by atoms with Crippen LogP contribution in [0.3, 0.4) is 0 Å². The Morgan fingerprint density at radius 1 is 1.00 bits per heavy atom. The lowest BCUT2D eigenvalue weighted by Gasteiger charge is -2.44. The third-order valence-corrected chi connectivity index (χ3v) is 6.86. The zero-order chi connectivity index (χ0) is 20.5. The van der Waals surface area contributed by atoms with E-state index in [0.717, 1.165) is 22.3 Å². The van der Waals surface area contributed by atoms with E-state index in [1.165, 1.54) is 11.8 Å². The van der Waals surface area contributed by atoms with Crippen molar-refractivity contribution in [1.29, 1.82) is 10.5 Å². The highest BCUT2D eigenvalue weighted by molar-refractivity contribution is 8.03. The van der Waals surface area contributed by atoms with Crippen LogP contribution in [0.25, 0.3) is 0 Å². The number of hydrogen-bond acceptors (Lipinski definition) is 5. The normalized spacial score (nSPS) is 24.3. The molecule has 0 radical (unpaired) electrons. The third kappa shape index (κ3) is 3.16. The topological polar surface area (TPSA) is 99.6 Å². The van der Waals surface area contributed by atoms with Gasteiger partial charge < -0.3 is 11.5 Å². The third-order valence-electron chi connectivity index (χ3n) is 5.17. The highest BCUT2D eigenvalue weighted by atomic mass is 32.2. The van der Waals surface area contributed by atoms with E-state index in [1.54, 1.807) is 0 Å². The van der Waals surface area contributed by atoms with E-state index >= 15 is 0 Å². The van der Waals surface area contributed by atoms with Crippen LogP contribution in [0.15, 0.2) is 59.1 Å². The molecular weight excluding hydrogens is 384 g/mol. The lowest BCUT2D eigenvalue weighted by molar-refractivity contribution is 0.462. The number of nitrogens with two attached hydrogens (primary N) is 2. The zero-order valence-corrected chi connectivity index (χ0v) is 17.3. The van der Waals surface area contributed by atoms with E-state index in [1.807, 2.05) is 62.4 Å². The first-order valence-electron chi connectivity index (χ1n) is 8.75. The van der Waals surface area contributed by atoms with Crippen LogP contribution in [0.4, 0.5) is 0 Å². The molecule has 1 heterocycles. The minimum Gasteiger partial charge on any atom is -0.393 e. The molecule has 3 atom stereocenters. The largest absolute Gasteiger partial charge is 0.393 e. The molecule has 4 nitrogen and oxygen atoms in total. The van der Waals surface area contributed by atoms with Gasteiger partial charge >= 0.3 is 0 Å². The summed E-state index contributed by atoms with van der Waals surface area (Å²) in [5.41, 5.74) is 15.5. The highest BCUT2D eigenvalue weighted by Crippen LogP contribution is 2.60. The average molecular weight is 405 g/mol. The van der Waals surface area contributed by atoms with Gasteiger partial charge in [0.2, 0.25) is 0 Å². The Kier molecular flexibility index (Phi) is 5.47. The summed E-state index contributed by atoms with van der Waals surface area (Å²) in [5, 5.41) is 20.2. The molecule has 4 N–H and O–H groups in total. The Morgan fingerprint density at radius 2 is 1.50 bits per heavy atom. The molecule has 0 spiro atoms. The number of allylic oxidation sites excluding steroid dienone is 1. The van der Waals surface area contributed by atoms with Crippen LogP contribution in [-0.2, 0) is 0 Å². The molecule has 2 aromatic carbocycles. The van der Waals surface area contributed by atoms with Crippen molar-refractivity contribution in [2.45, 2.75) is 25.0 Å². The highest BCUT2D eigenvalue weighted by Gasteiger charge is 2.55. The monoisotopic (exact) mass is 404 g/mol. The molecule has 0 aliphatic carbocycles. The van der Waals surface area contributed by atoms with E-state index in [9.17, 15) is 10.5 Å². The van der Waals surface area contributed by atoms with Crippen LogP contribution in [0.1, 0.15) is 33.4 Å². The van der Waals surface area contributed by atoms with Gasteiger partial charge in [0.25, 0.3) is 0 Å². The summed E-state index contributed by atoms with van der Waals surface area (Å²) < 4.78 is 0. The molecule has 0 amide bonds. The van der Waals surface area contributed by atoms with Crippen molar-refractivity contribution in [3.63, 3.8) is 0 Å². The smallest absolute Gasteiger partial charge is 0.135 e. The van der Waals surface area contributed by atoms with Crippen LogP contribution >= 0.6 is 24.0 Å². The molecule has 6 heteroatoms. The van der Waals surface area contributed by atoms with Gasteiger partial charge in [0.05, 0.1) is 33.0 Å². The van der Waals surface area contributed by atoms with E-state index in [-0.39, 0.29) is 4.99 Å². The lowest BCUT2D eigenvalue weighted by atomic mass is 9.65. The van der Waals surface area contributed by atoms with E-state index in [0.29, 0.717) is 10.6 Å². The molecule has 0 saturated carbocycles. The predicted molar refractivity (Wildman–Crippen MR) is 117 cm³/mol. The molecule has 0 saturated heterocycles. The van der Waals surface area contributed by atoms with Gasteiger partial charge in [-0.15, -0.1) is 0 Å². The summed E-state index contributed by atoms with van der Waals surface area (Å²) in [4.78, 5) is 0.0684. The maximum absolute atomic E-state index is 10.4. The Hall–Kier alpha value is -2.80. The molecule has 0 unspecified atom stereocenters. The van der Waals surface area contributed by atoms with Gasteiger partial charge in [-0.25, -0.2) is 0 Å². The van der Waals surface area contributed by atoms with E-state index in [2.05, 4.69) is 12.1 Å². The van der Waals surface area contributed by atoms with Crippen molar-refractivity contribution in [3.05, 3.63) is 81.4 Å². The van der Waals surface area contributed by atoms with Crippen molar-refractivity contribution in [2.75, 3.05) is 0 Å². The zero-order valence-electron chi connectivity index (χ0n) is 15.6. The number of rotatable bonds is 3. The summed E-state index contributed by atoms with van der Waals surface area (Å²) in [6.07, 6.45) is 0. The number of thiocarbonyl (C=S) groups is 1. The first kappa shape index (κ1) is 19.9. The Bertz CT molecular complexity index is 1030. The van der Waals surface area contributed by atoms with Gasteiger partial charge in [-0.05, 0) is 25.0 Å². The molecule has 0 fully saturated rings. The quantitative estimate of drug-likeness (QED) is 0.737. The van der Waals surface area contributed by atoms with Crippen molar-refractivity contribution in [1.82, 2.24) is 0 Å². The van der Waals surface area contributed by atoms with Crippen molar-refractivity contribution in [3.8, 4) is 12.1 Å². The molecule has 140 valence electrons. The molecule has 28 heavy (non-hydrogen) atoms. The molecule has 1 aliphatic heterocycles. The van der Waals surface area contributed by atoms with E-state index in [4.69, 9.17) is 23.7 Å². The fourth-order valence-corrected chi connectivity index (χ4v) is 5.33. The van der Waals surface area contributed by atoms with Crippen LogP contribution in [0.5, 0.6) is 0 Å². The number of aryl methyl sites for hydroxylation is 2. The second-order valence-corrected chi connectivity index (χ2v) is 8.57. The number of nitrogens with zero attached hydrogens (tertiary/aromatic N) is 2. The summed E-state index contributed by atoms with van der Waals surface area (Å²) in [7, 11) is 0. The van der Waals surface area contributed by atoms with Crippen LogP contribution in [0, 0.1) is 41.9 Å². The predicted octanol–water partition coefficient (Wildman–Crippen LogP) is 4.37. The van der Waals surface area contributed by atoms with Crippen molar-refractivity contribution < 1.29 is 0 Å². The fraction of sp³-hybridized carbons (Fsp3) is 0.227. The van der Waals surface area contributed by atoms with Crippen LogP contribution in [0.2, 0.25) is 0 Å². The minimum absolute atomic E-state index is 0.0684. The van der Waals surface area contributed by atoms with Gasteiger partial charge in [0.1, 0.15) is 5.41 Å². The molecule has 0 aromatic heterocycles. The fourth-order valence-electron chi connectivity index (χ4n) is 3.63. The number of benzene rings is 2. The SMILES string of the molecule is Cc1ccc([C@H]2C(C#N)=C(N)S[C@@H](c3ccc(C)cc3)[C@]2(C#N)C(N)=S)cc1. The molecular formula is C22H20N4S2. The molecule has 2 aromatic rings. The lowest BCUT2D eigenvalue weighted by Crippen LogP contribution is -2.47. The van der Waals surface area contributed by atoms with Gasteiger partial charge in [0.15, 0.2) is 0 Å². The molecule has 0 bridgehead atoms. The number of hydrogen-bond donors (Lipinski definition) is 2. The first-order valence-corrected chi connectivity index (χ1v) is 10.0. The molecule has 1 aliphatic rings. The Morgan fingerprint density at radius 3 is 1.93 bits per heavy atom. The van der Waals surface area contributed by atoms with Crippen LogP contribution < -0.4 is 11.5 Å². The number of thioether (sulfide) groups is 1. The van der Waals surface area contributed by atoms with Crippen molar-refractivity contribution >= 4 is 29.0 Å². The molecule has 3 rings (SSSR count). The standard InChI is InChI=1S/C22H20N4S2/c1-13-3-7-15(8-4-13)18-17(11-23)20(25)28-19(22(18,12-24)21(26)27)16-9-5-14(2)6-10-16/h3-10,18-19H,25H2,1-2H3,(H2,26,27)/t18-,19-,22+/m0/s1. The van der Waals surface area contributed by atoms with E-state index < -0.39 is 16.6 Å². The maximum Gasteiger partial charge on any atom is 0.135 e. The maximum atomic E-state index is 10.4. The Labute approximate surface area is 174 Å². The van der Waals surface area contributed by atoms with Gasteiger partial charge in [-0.1, -0.05) is 83.6 Å². The van der Waals surface area contributed by atoms with Crippen molar-refractivity contribution in [2.24, 2.45) is 16.9 Å². The Balaban J connectivity index is 2.32. The first-order chi connectivity index (χ1) is 13.3. The summed E-state index contributed by atoms with van der Waals surface area (Å²) in [6, 6.07) is 20.2. The van der Waals surface area contributed by atoms with Gasteiger partial charge in [-0.3, -0.25) is 0 Å². The average Bonchev–Trinajstić information content (AvgIpc) is 2.68. The summed E-state index contributed by atoms with van der Waals surface area (Å²) in [6.45, 7) is 3.98. The second kappa shape index (κ2) is 7.67. The minimum atomic E-state index is -1.28.